The predicted octanol–water partition coefficient (Wildman–Crippen LogP) is 3.75. The lowest BCUT2D eigenvalue weighted by Gasteiger charge is -2.36. The number of hydrogen-bond acceptors (Lipinski definition) is 4. The number of carbonyl (C=O) groups excluding carboxylic acids is 2. The summed E-state index contributed by atoms with van der Waals surface area (Å²) in [6, 6.07) is 17.4. The number of aromatic nitrogens is 3. The zero-order chi connectivity index (χ0) is 21.9. The van der Waals surface area contributed by atoms with E-state index in [-0.39, 0.29) is 30.3 Å². The van der Waals surface area contributed by atoms with Gasteiger partial charge in [-0.1, -0.05) is 36.4 Å². The molecule has 4 aromatic rings. The summed E-state index contributed by atoms with van der Waals surface area (Å²) in [6.45, 7) is 0. The van der Waals surface area contributed by atoms with Crippen molar-refractivity contribution in [3.8, 4) is 0 Å². The van der Waals surface area contributed by atoms with Crippen LogP contribution >= 0.6 is 0 Å². The van der Waals surface area contributed by atoms with Crippen molar-refractivity contribution in [2.75, 3.05) is 5.32 Å². The Morgan fingerprint density at radius 1 is 1.03 bits per heavy atom. The van der Waals surface area contributed by atoms with E-state index in [0.717, 1.165) is 29.2 Å². The molecule has 1 saturated carbocycles. The molecule has 0 saturated heterocycles. The van der Waals surface area contributed by atoms with Crippen molar-refractivity contribution in [3.63, 3.8) is 0 Å². The Balaban J connectivity index is 1.15. The van der Waals surface area contributed by atoms with Gasteiger partial charge in [-0.05, 0) is 42.0 Å². The normalized spacial score (nSPS) is 17.5. The summed E-state index contributed by atoms with van der Waals surface area (Å²) in [4.78, 5) is 33.3. The van der Waals surface area contributed by atoms with E-state index in [4.69, 9.17) is 0 Å². The van der Waals surface area contributed by atoms with Gasteiger partial charge in [0.05, 0.1) is 12.7 Å². The van der Waals surface area contributed by atoms with E-state index in [1.807, 2.05) is 65.4 Å². The zero-order valence-corrected chi connectivity index (χ0v) is 17.4. The van der Waals surface area contributed by atoms with Gasteiger partial charge in [0.1, 0.15) is 0 Å². The van der Waals surface area contributed by atoms with Crippen LogP contribution in [0.25, 0.3) is 10.8 Å². The third-order valence-electron chi connectivity index (χ3n) is 5.90. The van der Waals surface area contributed by atoms with Crippen molar-refractivity contribution in [2.45, 2.75) is 31.3 Å². The number of carbonyl (C=O) groups is 2. The van der Waals surface area contributed by atoms with Gasteiger partial charge in [-0.15, -0.1) is 0 Å². The summed E-state index contributed by atoms with van der Waals surface area (Å²) < 4.78 is 2.00. The minimum absolute atomic E-state index is 0.0446. The van der Waals surface area contributed by atoms with Crippen LogP contribution in [0.3, 0.4) is 0 Å². The molecule has 2 N–H and O–H groups in total. The topological polar surface area (TPSA) is 88.9 Å². The third-order valence-corrected chi connectivity index (χ3v) is 5.90. The smallest absolute Gasteiger partial charge is 0.251 e. The van der Waals surface area contributed by atoms with Crippen molar-refractivity contribution in [1.82, 2.24) is 19.9 Å². The van der Waals surface area contributed by atoms with Gasteiger partial charge in [0.2, 0.25) is 5.91 Å². The van der Waals surface area contributed by atoms with Gasteiger partial charge < -0.3 is 15.2 Å². The van der Waals surface area contributed by atoms with E-state index in [2.05, 4.69) is 20.6 Å². The zero-order valence-electron chi connectivity index (χ0n) is 17.4. The molecule has 0 aliphatic heterocycles. The molecule has 7 heteroatoms. The number of nitrogens with one attached hydrogen (secondary N) is 2. The Morgan fingerprint density at radius 2 is 1.88 bits per heavy atom. The minimum Gasteiger partial charge on any atom is -0.349 e. The highest BCUT2D eigenvalue weighted by Crippen LogP contribution is 2.33. The first-order valence-electron chi connectivity index (χ1n) is 10.7. The number of nitrogens with zero attached hydrogens (tertiary/aromatic N) is 3. The van der Waals surface area contributed by atoms with E-state index in [1.54, 1.807) is 18.7 Å². The maximum absolute atomic E-state index is 12.6. The molecule has 5 rings (SSSR count). The monoisotopic (exact) mass is 425 g/mol. The number of anilines is 1. The number of imidazole rings is 1. The number of hydrogen-bond donors (Lipinski definition) is 2. The summed E-state index contributed by atoms with van der Waals surface area (Å²) in [5, 5.41) is 8.00. The molecule has 2 heterocycles. The Morgan fingerprint density at radius 3 is 2.72 bits per heavy atom. The maximum Gasteiger partial charge on any atom is 0.251 e. The second-order valence-corrected chi connectivity index (χ2v) is 8.11. The number of pyridine rings is 1. The van der Waals surface area contributed by atoms with E-state index in [9.17, 15) is 9.59 Å². The molecule has 0 radical (unpaired) electrons. The van der Waals surface area contributed by atoms with E-state index < -0.39 is 0 Å². The highest BCUT2D eigenvalue weighted by atomic mass is 16.2. The Bertz CT molecular complexity index is 1260. The largest absolute Gasteiger partial charge is 0.349 e. The third kappa shape index (κ3) is 4.23. The minimum atomic E-state index is -0.110. The second-order valence-electron chi connectivity index (χ2n) is 8.11. The van der Waals surface area contributed by atoms with Crippen LogP contribution in [0.5, 0.6) is 0 Å². The standard InChI is InChI=1S/C25H23N5O2/c31-24(11-18-7-4-8-19-14-26-10-9-22(18)19)29-23-15-30(16-27-23)21-12-20(13-21)28-25(32)17-5-2-1-3-6-17/h1-10,14-16,20-21H,11-13H2,(H,28,32)(H,29,31)/t20-,21+. The molecule has 0 bridgehead atoms. The molecule has 2 aromatic heterocycles. The van der Waals surface area contributed by atoms with Crippen molar-refractivity contribution >= 4 is 28.4 Å². The van der Waals surface area contributed by atoms with Gasteiger partial charge >= 0.3 is 0 Å². The molecule has 160 valence electrons. The van der Waals surface area contributed by atoms with Gasteiger partial charge in [0.15, 0.2) is 5.82 Å². The molecule has 0 unspecified atom stereocenters. The van der Waals surface area contributed by atoms with E-state index in [0.29, 0.717) is 11.4 Å². The Kier molecular flexibility index (Phi) is 5.37. The molecular weight excluding hydrogens is 402 g/mol. The number of benzene rings is 2. The molecule has 1 aliphatic rings. The van der Waals surface area contributed by atoms with Crippen molar-refractivity contribution in [1.29, 1.82) is 0 Å². The van der Waals surface area contributed by atoms with Crippen LogP contribution in [-0.2, 0) is 11.2 Å². The van der Waals surface area contributed by atoms with Gasteiger partial charge in [-0.25, -0.2) is 4.98 Å². The van der Waals surface area contributed by atoms with Crippen LogP contribution in [-0.4, -0.2) is 32.4 Å². The summed E-state index contributed by atoms with van der Waals surface area (Å²) in [7, 11) is 0. The van der Waals surface area contributed by atoms with E-state index in [1.165, 1.54) is 0 Å². The number of fused-ring (bicyclic) bond motifs is 1. The Labute approximate surface area is 185 Å². The molecule has 2 amide bonds. The van der Waals surface area contributed by atoms with Crippen LogP contribution < -0.4 is 10.6 Å². The molecule has 0 atom stereocenters. The second kappa shape index (κ2) is 8.63. The van der Waals surface area contributed by atoms with Crippen molar-refractivity contribution < 1.29 is 9.59 Å². The molecule has 1 fully saturated rings. The highest BCUT2D eigenvalue weighted by molar-refractivity contribution is 5.95. The fourth-order valence-corrected chi connectivity index (χ4v) is 4.11. The summed E-state index contributed by atoms with van der Waals surface area (Å²) in [5.74, 6) is 0.381. The average Bonchev–Trinajstić information content (AvgIpc) is 3.24. The molecule has 1 aliphatic carbocycles. The number of amides is 2. The molecular formula is C25H23N5O2. The quantitative estimate of drug-likeness (QED) is 0.492. The summed E-state index contributed by atoms with van der Waals surface area (Å²) in [5.41, 5.74) is 1.63. The lowest BCUT2D eigenvalue weighted by Crippen LogP contribution is -2.44. The predicted molar refractivity (Wildman–Crippen MR) is 122 cm³/mol. The molecule has 2 aromatic carbocycles. The van der Waals surface area contributed by atoms with E-state index >= 15 is 0 Å². The first-order valence-corrected chi connectivity index (χ1v) is 10.7. The number of rotatable bonds is 6. The Hall–Kier alpha value is -4.00. The molecule has 32 heavy (non-hydrogen) atoms. The van der Waals surface area contributed by atoms with Gasteiger partial charge in [0, 0.05) is 41.6 Å². The van der Waals surface area contributed by atoms with Crippen LogP contribution in [0.1, 0.15) is 34.8 Å². The molecule has 7 nitrogen and oxygen atoms in total. The first-order chi connectivity index (χ1) is 15.7. The van der Waals surface area contributed by atoms with Crippen molar-refractivity contribution in [2.24, 2.45) is 0 Å². The maximum atomic E-state index is 12.6. The van der Waals surface area contributed by atoms with Gasteiger partial charge in [0.25, 0.3) is 5.91 Å². The van der Waals surface area contributed by atoms with Crippen LogP contribution in [0.2, 0.25) is 0 Å². The molecule has 0 spiro atoms. The fourth-order valence-electron chi connectivity index (χ4n) is 4.11. The SMILES string of the molecule is O=C(Cc1cccc2cnccc12)Nc1cn([C@H]2C[C@@H](NC(=O)c3ccccc3)C2)cn1. The van der Waals surface area contributed by atoms with Crippen LogP contribution in [0.4, 0.5) is 5.82 Å². The first kappa shape index (κ1) is 19.9. The van der Waals surface area contributed by atoms with Gasteiger partial charge in [-0.3, -0.25) is 14.6 Å². The fraction of sp³-hybridized carbons (Fsp3) is 0.200. The van der Waals surface area contributed by atoms with Crippen molar-refractivity contribution in [3.05, 3.63) is 90.6 Å². The summed E-state index contributed by atoms with van der Waals surface area (Å²) >= 11 is 0. The summed E-state index contributed by atoms with van der Waals surface area (Å²) in [6.07, 6.45) is 9.07. The lowest BCUT2D eigenvalue weighted by molar-refractivity contribution is -0.115. The highest BCUT2D eigenvalue weighted by Gasteiger charge is 2.31. The lowest BCUT2D eigenvalue weighted by atomic mass is 9.86. The van der Waals surface area contributed by atoms with Crippen LogP contribution in [0, 0.1) is 0 Å². The van der Waals surface area contributed by atoms with Gasteiger partial charge in [-0.2, -0.15) is 0 Å². The average molecular weight is 425 g/mol. The van der Waals surface area contributed by atoms with Crippen LogP contribution in [0.15, 0.2) is 79.5 Å².